The Morgan fingerprint density at radius 3 is 2.32 bits per heavy atom. The van der Waals surface area contributed by atoms with Crippen molar-refractivity contribution >= 4 is 18.1 Å². The van der Waals surface area contributed by atoms with Crippen LogP contribution in [0.3, 0.4) is 0 Å². The molecule has 0 atom stereocenters. The van der Waals surface area contributed by atoms with Gasteiger partial charge in [0, 0.05) is 5.56 Å². The van der Waals surface area contributed by atoms with Crippen LogP contribution in [-0.4, -0.2) is 34.6 Å². The van der Waals surface area contributed by atoms with Crippen molar-refractivity contribution in [1.29, 1.82) is 5.26 Å². The molecule has 0 fully saturated rings. The highest BCUT2D eigenvalue weighted by Gasteiger charge is 2.21. The predicted octanol–water partition coefficient (Wildman–Crippen LogP) is 3.38. The lowest BCUT2D eigenvalue weighted by atomic mass is 10.1. The molecule has 3 aromatic rings. The van der Waals surface area contributed by atoms with Crippen molar-refractivity contribution in [2.45, 2.75) is 6.92 Å². The maximum absolute atomic E-state index is 12.9. The third-order valence-electron chi connectivity index (χ3n) is 4.40. The Bertz CT molecular complexity index is 1220. The molecule has 8 heteroatoms. The molecule has 31 heavy (non-hydrogen) atoms. The molecule has 1 aromatic heterocycles. The van der Waals surface area contributed by atoms with Gasteiger partial charge in [0.2, 0.25) is 0 Å². The molecule has 0 amide bonds. The van der Waals surface area contributed by atoms with E-state index in [0.717, 1.165) is 10.2 Å². The van der Waals surface area contributed by atoms with E-state index in [4.69, 9.17) is 9.47 Å². The topological polar surface area (TPSA) is 114 Å². The first-order valence-electron chi connectivity index (χ1n) is 9.34. The van der Waals surface area contributed by atoms with Gasteiger partial charge in [-0.25, -0.2) is 4.79 Å². The van der Waals surface area contributed by atoms with Crippen molar-refractivity contribution in [1.82, 2.24) is 9.78 Å². The van der Waals surface area contributed by atoms with E-state index in [1.54, 1.807) is 54.6 Å². The number of nitrogens with zero attached hydrogens (tertiary/aromatic N) is 3. The van der Waals surface area contributed by atoms with Gasteiger partial charge in [0.25, 0.3) is 5.56 Å². The molecular formula is C23H19N3O5. The zero-order valence-corrected chi connectivity index (χ0v) is 16.9. The fourth-order valence-electron chi connectivity index (χ4n) is 2.89. The molecule has 0 aliphatic heterocycles. The Morgan fingerprint density at radius 1 is 1.13 bits per heavy atom. The largest absolute Gasteiger partial charge is 0.497 e. The van der Waals surface area contributed by atoms with Gasteiger partial charge in [-0.1, -0.05) is 24.3 Å². The molecule has 0 spiro atoms. The van der Waals surface area contributed by atoms with Crippen LogP contribution in [0.2, 0.25) is 0 Å². The molecule has 1 heterocycles. The van der Waals surface area contributed by atoms with Gasteiger partial charge in [-0.2, -0.15) is 15.0 Å². The number of methoxy groups -OCH3 is 1. The van der Waals surface area contributed by atoms with Crippen molar-refractivity contribution in [3.63, 3.8) is 0 Å². The fourth-order valence-corrected chi connectivity index (χ4v) is 2.89. The lowest BCUT2D eigenvalue weighted by Gasteiger charge is -2.10. The molecule has 2 aromatic carbocycles. The van der Waals surface area contributed by atoms with Gasteiger partial charge in [-0.3, -0.25) is 4.79 Å². The maximum atomic E-state index is 12.9. The van der Waals surface area contributed by atoms with Gasteiger partial charge in [0.15, 0.2) is 5.69 Å². The third-order valence-corrected chi connectivity index (χ3v) is 4.40. The van der Waals surface area contributed by atoms with Gasteiger partial charge in [-0.05, 0) is 48.9 Å². The highest BCUT2D eigenvalue weighted by atomic mass is 16.5. The number of carbonyl (C=O) groups is 1. The molecule has 1 N–H and O–H groups in total. The Labute approximate surface area is 178 Å². The zero-order chi connectivity index (χ0) is 22.4. The highest BCUT2D eigenvalue weighted by molar-refractivity contribution is 5.92. The molecule has 156 valence electrons. The molecule has 0 saturated carbocycles. The summed E-state index contributed by atoms with van der Waals surface area (Å²) in [4.78, 5) is 24.7. The summed E-state index contributed by atoms with van der Waals surface area (Å²) in [6.45, 7) is 2.42. The van der Waals surface area contributed by atoms with Crippen LogP contribution in [0.1, 0.15) is 34.1 Å². The van der Waals surface area contributed by atoms with E-state index in [9.17, 15) is 20.0 Å². The Balaban J connectivity index is 2.09. The maximum Gasteiger partial charge on any atom is 0.357 e. The summed E-state index contributed by atoms with van der Waals surface area (Å²) in [6.07, 6.45) is 3.02. The molecule has 0 saturated heterocycles. The first kappa shape index (κ1) is 21.3. The number of aromatic carboxylic acids is 1. The Hall–Kier alpha value is -4.38. The standard InChI is InChI=1S/C23H19N3O5/c1-3-31-18-9-4-15(5-10-18)6-13-19-20(14-24)22(27)26(25-21(19)23(28)29)16-7-11-17(30-2)12-8-16/h4-13H,3H2,1-2H3,(H,28,29)/b13-6-. The Kier molecular flexibility index (Phi) is 6.48. The minimum Gasteiger partial charge on any atom is -0.497 e. The summed E-state index contributed by atoms with van der Waals surface area (Å²) >= 11 is 0. The molecule has 0 unspecified atom stereocenters. The molecule has 0 aliphatic rings. The SMILES string of the molecule is CCOc1ccc(/C=C\c2c(C(=O)O)nn(-c3ccc(OC)cc3)c(=O)c2C#N)cc1. The van der Waals surface area contributed by atoms with Crippen molar-refractivity contribution in [2.75, 3.05) is 13.7 Å². The van der Waals surface area contributed by atoms with Crippen LogP contribution in [0.5, 0.6) is 11.5 Å². The van der Waals surface area contributed by atoms with E-state index in [0.29, 0.717) is 23.8 Å². The smallest absolute Gasteiger partial charge is 0.357 e. The zero-order valence-electron chi connectivity index (χ0n) is 16.9. The second kappa shape index (κ2) is 9.41. The summed E-state index contributed by atoms with van der Waals surface area (Å²) in [5, 5.41) is 23.3. The number of carboxylic acids is 1. The fraction of sp³-hybridized carbons (Fsp3) is 0.130. The van der Waals surface area contributed by atoms with E-state index in [1.165, 1.54) is 13.2 Å². The average Bonchev–Trinajstić information content (AvgIpc) is 2.78. The van der Waals surface area contributed by atoms with E-state index >= 15 is 0 Å². The van der Waals surface area contributed by atoms with Crippen molar-refractivity contribution in [3.05, 3.63) is 81.3 Å². The van der Waals surface area contributed by atoms with Crippen LogP contribution in [-0.2, 0) is 0 Å². The average molecular weight is 417 g/mol. The van der Waals surface area contributed by atoms with Crippen LogP contribution < -0.4 is 15.0 Å². The molecule has 3 rings (SSSR count). The number of rotatable bonds is 7. The first-order valence-corrected chi connectivity index (χ1v) is 9.34. The molecular weight excluding hydrogens is 398 g/mol. The number of benzene rings is 2. The van der Waals surface area contributed by atoms with Crippen LogP contribution in [0.4, 0.5) is 0 Å². The van der Waals surface area contributed by atoms with E-state index in [1.807, 2.05) is 13.0 Å². The van der Waals surface area contributed by atoms with Crippen molar-refractivity contribution in [2.24, 2.45) is 0 Å². The minimum atomic E-state index is -1.36. The lowest BCUT2D eigenvalue weighted by molar-refractivity contribution is 0.0688. The van der Waals surface area contributed by atoms with E-state index in [2.05, 4.69) is 5.10 Å². The van der Waals surface area contributed by atoms with E-state index in [-0.39, 0.29) is 11.1 Å². The summed E-state index contributed by atoms with van der Waals surface area (Å²) in [5.41, 5.74) is -0.447. The number of carboxylic acid groups (broad SMARTS) is 1. The summed E-state index contributed by atoms with van der Waals surface area (Å²) in [7, 11) is 1.50. The second-order valence-electron chi connectivity index (χ2n) is 6.30. The van der Waals surface area contributed by atoms with Crippen molar-refractivity contribution in [3.8, 4) is 23.3 Å². The highest BCUT2D eigenvalue weighted by Crippen LogP contribution is 2.19. The van der Waals surface area contributed by atoms with Gasteiger partial charge < -0.3 is 14.6 Å². The lowest BCUT2D eigenvalue weighted by Crippen LogP contribution is -2.28. The molecule has 0 aliphatic carbocycles. The van der Waals surface area contributed by atoms with Gasteiger partial charge in [0.05, 0.1) is 19.4 Å². The van der Waals surface area contributed by atoms with Gasteiger partial charge >= 0.3 is 5.97 Å². The summed E-state index contributed by atoms with van der Waals surface area (Å²) in [5.74, 6) is -0.0943. The van der Waals surface area contributed by atoms with Crippen LogP contribution in [0.25, 0.3) is 17.8 Å². The minimum absolute atomic E-state index is 0.0568. The number of hydrogen-bond acceptors (Lipinski definition) is 6. The summed E-state index contributed by atoms with van der Waals surface area (Å²) in [6, 6.07) is 15.2. The number of hydrogen-bond donors (Lipinski definition) is 1. The molecule has 0 radical (unpaired) electrons. The number of aromatic nitrogens is 2. The quantitative estimate of drug-likeness (QED) is 0.627. The molecule has 8 nitrogen and oxygen atoms in total. The third kappa shape index (κ3) is 4.62. The predicted molar refractivity (Wildman–Crippen MR) is 115 cm³/mol. The summed E-state index contributed by atoms with van der Waals surface area (Å²) < 4.78 is 11.4. The second-order valence-corrected chi connectivity index (χ2v) is 6.30. The van der Waals surface area contributed by atoms with Gasteiger partial charge in [0.1, 0.15) is 23.1 Å². The van der Waals surface area contributed by atoms with E-state index < -0.39 is 17.2 Å². The van der Waals surface area contributed by atoms with Crippen LogP contribution in [0, 0.1) is 11.3 Å². The normalized spacial score (nSPS) is 10.6. The number of ether oxygens (including phenoxy) is 2. The monoisotopic (exact) mass is 417 g/mol. The van der Waals surface area contributed by atoms with Gasteiger partial charge in [-0.15, -0.1) is 0 Å². The van der Waals surface area contributed by atoms with Crippen LogP contribution in [0.15, 0.2) is 53.3 Å². The molecule has 0 bridgehead atoms. The van der Waals surface area contributed by atoms with Crippen LogP contribution >= 0.6 is 0 Å². The number of nitriles is 1. The first-order chi connectivity index (χ1) is 15.0. The van der Waals surface area contributed by atoms with Crippen molar-refractivity contribution < 1.29 is 19.4 Å². The Morgan fingerprint density at radius 2 is 1.77 bits per heavy atom.